The first-order valence-corrected chi connectivity index (χ1v) is 7.88. The zero-order chi connectivity index (χ0) is 17.8. The van der Waals surface area contributed by atoms with Crippen LogP contribution in [0.25, 0.3) is 0 Å². The van der Waals surface area contributed by atoms with Crippen molar-refractivity contribution in [3.8, 4) is 0 Å². The van der Waals surface area contributed by atoms with Crippen LogP contribution in [0.5, 0.6) is 0 Å². The molecule has 0 saturated heterocycles. The highest BCUT2D eigenvalue weighted by Gasteiger charge is 2.15. The zero-order valence-electron chi connectivity index (χ0n) is 14.2. The third-order valence-electron chi connectivity index (χ3n) is 3.79. The van der Waals surface area contributed by atoms with Crippen LogP contribution in [0.1, 0.15) is 21.6 Å². The van der Waals surface area contributed by atoms with Crippen LogP contribution < -0.4 is 5.56 Å². The number of aromatic nitrogens is 4. The van der Waals surface area contributed by atoms with E-state index in [1.807, 2.05) is 43.6 Å². The molecule has 7 heteroatoms. The van der Waals surface area contributed by atoms with Gasteiger partial charge in [-0.2, -0.15) is 10.2 Å². The van der Waals surface area contributed by atoms with Gasteiger partial charge in [0.2, 0.25) is 0 Å². The Kier molecular flexibility index (Phi) is 4.74. The maximum Gasteiger partial charge on any atom is 0.274 e. The van der Waals surface area contributed by atoms with E-state index in [9.17, 15) is 9.59 Å². The van der Waals surface area contributed by atoms with Crippen molar-refractivity contribution in [3.63, 3.8) is 0 Å². The van der Waals surface area contributed by atoms with Crippen molar-refractivity contribution >= 4 is 5.91 Å². The third kappa shape index (κ3) is 4.00. The molecule has 128 valence electrons. The second kappa shape index (κ2) is 7.12. The van der Waals surface area contributed by atoms with Crippen LogP contribution >= 0.6 is 0 Å². The van der Waals surface area contributed by atoms with E-state index in [2.05, 4.69) is 10.2 Å². The van der Waals surface area contributed by atoms with Gasteiger partial charge in [0, 0.05) is 38.5 Å². The van der Waals surface area contributed by atoms with Crippen molar-refractivity contribution in [2.45, 2.75) is 13.1 Å². The first-order valence-electron chi connectivity index (χ1n) is 7.88. The molecule has 0 spiro atoms. The van der Waals surface area contributed by atoms with Crippen molar-refractivity contribution in [2.75, 3.05) is 7.05 Å². The minimum Gasteiger partial charge on any atom is -0.336 e. The topological polar surface area (TPSA) is 73.0 Å². The van der Waals surface area contributed by atoms with Gasteiger partial charge in [-0.3, -0.25) is 14.3 Å². The molecule has 1 amide bonds. The molecule has 0 aliphatic rings. The monoisotopic (exact) mass is 337 g/mol. The molecule has 3 rings (SSSR count). The van der Waals surface area contributed by atoms with E-state index in [4.69, 9.17) is 0 Å². The highest BCUT2D eigenvalue weighted by molar-refractivity contribution is 5.91. The van der Waals surface area contributed by atoms with E-state index in [1.165, 1.54) is 16.8 Å². The summed E-state index contributed by atoms with van der Waals surface area (Å²) in [4.78, 5) is 26.2. The Balaban J connectivity index is 1.78. The van der Waals surface area contributed by atoms with Crippen molar-refractivity contribution in [3.05, 3.63) is 82.0 Å². The number of hydrogen-bond donors (Lipinski definition) is 0. The molecule has 1 aromatic carbocycles. The van der Waals surface area contributed by atoms with Gasteiger partial charge in [-0.25, -0.2) is 4.68 Å². The van der Waals surface area contributed by atoms with Crippen LogP contribution in [0.2, 0.25) is 0 Å². The van der Waals surface area contributed by atoms with Crippen LogP contribution in [0.3, 0.4) is 0 Å². The molecule has 2 aromatic heterocycles. The predicted octanol–water partition coefficient (Wildman–Crippen LogP) is 1.30. The first-order chi connectivity index (χ1) is 12.0. The van der Waals surface area contributed by atoms with E-state index in [-0.39, 0.29) is 17.2 Å². The molecular formula is C18H19N5O2. The fraction of sp³-hybridized carbons (Fsp3) is 0.222. The van der Waals surface area contributed by atoms with Crippen LogP contribution in [0, 0.1) is 0 Å². The Morgan fingerprint density at radius 3 is 2.56 bits per heavy atom. The Labute approximate surface area is 145 Å². The van der Waals surface area contributed by atoms with Crippen LogP contribution in [-0.2, 0) is 20.1 Å². The highest BCUT2D eigenvalue weighted by Crippen LogP contribution is 2.06. The molecule has 0 fully saturated rings. The lowest BCUT2D eigenvalue weighted by Gasteiger charge is -2.16. The summed E-state index contributed by atoms with van der Waals surface area (Å²) in [6.07, 6.45) is 3.57. The molecule has 0 saturated carbocycles. The summed E-state index contributed by atoms with van der Waals surface area (Å²) in [5.41, 5.74) is 1.87. The average molecular weight is 337 g/mol. The lowest BCUT2D eigenvalue weighted by Crippen LogP contribution is -2.31. The molecular weight excluding hydrogens is 318 g/mol. The van der Waals surface area contributed by atoms with Crippen molar-refractivity contribution in [1.29, 1.82) is 0 Å². The Hall–Kier alpha value is -3.22. The summed E-state index contributed by atoms with van der Waals surface area (Å²) < 4.78 is 2.99. The summed E-state index contributed by atoms with van der Waals surface area (Å²) >= 11 is 0. The average Bonchev–Trinajstić information content (AvgIpc) is 3.02. The first kappa shape index (κ1) is 16.6. The van der Waals surface area contributed by atoms with Gasteiger partial charge in [0.1, 0.15) is 5.69 Å². The standard InChI is InChI=1S/C18H19N5O2/c1-21(11-15-10-19-22(2)12-15)18(25)16-8-9-17(24)23(20-16)13-14-6-4-3-5-7-14/h3-10,12H,11,13H2,1-2H3. The molecule has 0 atom stereocenters. The van der Waals surface area contributed by atoms with Gasteiger partial charge in [0.15, 0.2) is 0 Å². The van der Waals surface area contributed by atoms with Gasteiger partial charge in [0.25, 0.3) is 11.5 Å². The predicted molar refractivity (Wildman–Crippen MR) is 93.0 cm³/mol. The molecule has 0 aliphatic carbocycles. The normalized spacial score (nSPS) is 10.6. The minimum absolute atomic E-state index is 0.238. The van der Waals surface area contributed by atoms with Gasteiger partial charge in [0.05, 0.1) is 12.7 Å². The quantitative estimate of drug-likeness (QED) is 0.703. The second-order valence-corrected chi connectivity index (χ2v) is 5.88. The molecule has 0 aliphatic heterocycles. The fourth-order valence-corrected chi connectivity index (χ4v) is 2.53. The molecule has 0 bridgehead atoms. The van der Waals surface area contributed by atoms with E-state index >= 15 is 0 Å². The van der Waals surface area contributed by atoms with Crippen molar-refractivity contribution < 1.29 is 4.79 Å². The van der Waals surface area contributed by atoms with Crippen LogP contribution in [-0.4, -0.2) is 37.4 Å². The lowest BCUT2D eigenvalue weighted by atomic mass is 10.2. The summed E-state index contributed by atoms with van der Waals surface area (Å²) in [7, 11) is 3.52. The van der Waals surface area contributed by atoms with E-state index in [1.54, 1.807) is 22.8 Å². The summed E-state index contributed by atoms with van der Waals surface area (Å²) in [6, 6.07) is 12.4. The van der Waals surface area contributed by atoms with E-state index in [0.717, 1.165) is 11.1 Å². The maximum absolute atomic E-state index is 12.6. The molecule has 0 radical (unpaired) electrons. The summed E-state index contributed by atoms with van der Waals surface area (Å²) in [6.45, 7) is 0.749. The largest absolute Gasteiger partial charge is 0.336 e. The van der Waals surface area contributed by atoms with Gasteiger partial charge < -0.3 is 4.90 Å². The van der Waals surface area contributed by atoms with E-state index in [0.29, 0.717) is 13.1 Å². The molecule has 25 heavy (non-hydrogen) atoms. The number of nitrogens with zero attached hydrogens (tertiary/aromatic N) is 5. The SMILES string of the molecule is CN(Cc1cnn(C)c1)C(=O)c1ccc(=O)n(Cc2ccccc2)n1. The fourth-order valence-electron chi connectivity index (χ4n) is 2.53. The summed E-state index contributed by atoms with van der Waals surface area (Å²) in [5.74, 6) is -0.245. The smallest absolute Gasteiger partial charge is 0.274 e. The van der Waals surface area contributed by atoms with E-state index < -0.39 is 0 Å². The molecule has 0 unspecified atom stereocenters. The van der Waals surface area contributed by atoms with Gasteiger partial charge in [-0.1, -0.05) is 30.3 Å². The van der Waals surface area contributed by atoms with Crippen LogP contribution in [0.15, 0.2) is 59.7 Å². The van der Waals surface area contributed by atoms with Crippen LogP contribution in [0.4, 0.5) is 0 Å². The highest BCUT2D eigenvalue weighted by atomic mass is 16.2. The van der Waals surface area contributed by atoms with Crippen molar-refractivity contribution in [1.82, 2.24) is 24.5 Å². The second-order valence-electron chi connectivity index (χ2n) is 5.88. The molecule has 3 aromatic rings. The molecule has 7 nitrogen and oxygen atoms in total. The third-order valence-corrected chi connectivity index (χ3v) is 3.79. The maximum atomic E-state index is 12.6. The Morgan fingerprint density at radius 1 is 1.12 bits per heavy atom. The number of carbonyl (C=O) groups is 1. The number of rotatable bonds is 5. The number of benzene rings is 1. The Morgan fingerprint density at radius 2 is 1.88 bits per heavy atom. The zero-order valence-corrected chi connectivity index (χ0v) is 14.2. The lowest BCUT2D eigenvalue weighted by molar-refractivity contribution is 0.0776. The molecule has 2 heterocycles. The van der Waals surface area contributed by atoms with Crippen molar-refractivity contribution in [2.24, 2.45) is 7.05 Å². The minimum atomic E-state index is -0.245. The van der Waals surface area contributed by atoms with Gasteiger partial charge >= 0.3 is 0 Å². The number of amides is 1. The molecule has 0 N–H and O–H groups in total. The number of hydrogen-bond acceptors (Lipinski definition) is 4. The number of carbonyl (C=O) groups excluding carboxylic acids is 1. The Bertz CT molecular complexity index is 930. The van der Waals surface area contributed by atoms with Gasteiger partial charge in [-0.15, -0.1) is 0 Å². The summed E-state index contributed by atoms with van der Waals surface area (Å²) in [5, 5.41) is 8.32. The number of aryl methyl sites for hydroxylation is 1. The van der Waals surface area contributed by atoms with Gasteiger partial charge in [-0.05, 0) is 11.6 Å².